The number of thiophene rings is 1. The maximum atomic E-state index is 6.69. The molecule has 0 N–H and O–H groups in total. The topological polar surface area (TPSA) is 25.5 Å². The summed E-state index contributed by atoms with van der Waals surface area (Å²) >= 11 is 1.87. The summed E-state index contributed by atoms with van der Waals surface area (Å²) in [6.07, 6.45) is 3.93. The van der Waals surface area contributed by atoms with Crippen LogP contribution < -0.4 is 0 Å². The average molecular weight is 790 g/mol. The fraction of sp³-hybridized carbons (Fsp3) is 0.105. The largest absolute Gasteiger partial charge is 0.456 e. The van der Waals surface area contributed by atoms with E-state index in [2.05, 4.69) is 195 Å². The van der Waals surface area contributed by atoms with E-state index < -0.39 is 0 Å². The Bertz CT molecular complexity index is 3240. The number of hydrogen-bond donors (Lipinski definition) is 0. The van der Waals surface area contributed by atoms with E-state index in [1.165, 1.54) is 75.8 Å². The van der Waals surface area contributed by atoms with Gasteiger partial charge in [-0.25, -0.2) is 0 Å². The molecule has 288 valence electrons. The second-order valence-electron chi connectivity index (χ2n) is 15.9. The molecule has 1 aliphatic rings. The third kappa shape index (κ3) is 6.47. The van der Waals surface area contributed by atoms with Crippen LogP contribution in [0, 0.1) is 0 Å². The smallest absolute Gasteiger partial charge is 0.135 e. The van der Waals surface area contributed by atoms with E-state index in [9.17, 15) is 0 Å². The van der Waals surface area contributed by atoms with Gasteiger partial charge in [0.2, 0.25) is 0 Å². The number of nitrogens with zero attached hydrogens (tertiary/aromatic N) is 1. The van der Waals surface area contributed by atoms with Crippen LogP contribution in [0.1, 0.15) is 55.3 Å². The molecule has 11 rings (SSSR count). The third-order valence-electron chi connectivity index (χ3n) is 12.4. The number of benzene rings is 8. The number of aliphatic imine (C=N–C) groups is 1. The van der Waals surface area contributed by atoms with E-state index in [1.54, 1.807) is 0 Å². The van der Waals surface area contributed by atoms with Gasteiger partial charge in [0.25, 0.3) is 0 Å². The highest BCUT2D eigenvalue weighted by Crippen LogP contribution is 2.46. The SMILES string of the molecule is CCC1=C(\c2ccccc2)CCCC(c2ccc3c(c2)oc2ccc(-c4ccc5sc6ccccc6c5c4-c4ccccc4)cc23)/N=C\1c1ccc(-c2ccccc2)cc1. The molecule has 1 aliphatic heterocycles. The minimum Gasteiger partial charge on any atom is -0.456 e. The summed E-state index contributed by atoms with van der Waals surface area (Å²) in [6, 6.07) is 68.3. The highest BCUT2D eigenvalue weighted by molar-refractivity contribution is 7.26. The van der Waals surface area contributed by atoms with Crippen molar-refractivity contribution in [2.75, 3.05) is 0 Å². The number of fused-ring (bicyclic) bond motifs is 6. The Labute approximate surface area is 354 Å². The fourth-order valence-electron chi connectivity index (χ4n) is 9.47. The van der Waals surface area contributed by atoms with Crippen LogP contribution in [0.4, 0.5) is 0 Å². The Kier molecular flexibility index (Phi) is 9.32. The van der Waals surface area contributed by atoms with Gasteiger partial charge in [0.1, 0.15) is 11.2 Å². The molecule has 60 heavy (non-hydrogen) atoms. The Morgan fingerprint density at radius 2 is 1.20 bits per heavy atom. The van der Waals surface area contributed by atoms with E-state index >= 15 is 0 Å². The van der Waals surface area contributed by atoms with Crippen LogP contribution in [0.5, 0.6) is 0 Å². The van der Waals surface area contributed by atoms with Gasteiger partial charge >= 0.3 is 0 Å². The van der Waals surface area contributed by atoms with E-state index in [1.807, 2.05) is 11.3 Å². The Morgan fingerprint density at radius 3 is 1.97 bits per heavy atom. The first-order valence-electron chi connectivity index (χ1n) is 21.2. The predicted octanol–water partition coefficient (Wildman–Crippen LogP) is 16.5. The Balaban J connectivity index is 1.02. The third-order valence-corrected chi connectivity index (χ3v) is 13.5. The zero-order valence-electron chi connectivity index (χ0n) is 33.6. The molecule has 1 unspecified atom stereocenters. The molecule has 0 spiro atoms. The molecule has 0 aliphatic carbocycles. The van der Waals surface area contributed by atoms with Crippen LogP contribution in [0.25, 0.3) is 81.1 Å². The van der Waals surface area contributed by atoms with Gasteiger partial charge in [-0.15, -0.1) is 11.3 Å². The quantitative estimate of drug-likeness (QED) is 0.158. The molecule has 8 aromatic carbocycles. The minimum atomic E-state index is 0.00133. The second-order valence-corrected chi connectivity index (χ2v) is 17.0. The van der Waals surface area contributed by atoms with E-state index in [4.69, 9.17) is 9.41 Å². The van der Waals surface area contributed by atoms with Crippen molar-refractivity contribution < 1.29 is 4.42 Å². The monoisotopic (exact) mass is 789 g/mol. The number of allylic oxidation sites excluding steroid dienone is 2. The molecule has 0 saturated carbocycles. The summed E-state index contributed by atoms with van der Waals surface area (Å²) in [5.74, 6) is 0. The van der Waals surface area contributed by atoms with Crippen LogP contribution in [0.15, 0.2) is 203 Å². The lowest BCUT2D eigenvalue weighted by Gasteiger charge is -2.24. The standard InChI is InChI=1S/C57H43NOS/c1-2-44-45(39-17-8-4-9-18-39)22-14-23-50(58-57(44)41-27-25-38(26-28-41)37-15-6-3-7-16-37)43-29-31-47-49-35-42(30-33-51(49)59-52(47)36-43)46-32-34-54-56(48-21-12-13-24-53(48)60-54)55(46)40-19-10-5-11-20-40/h3-13,15-21,24-36,50H,2,14,22-23H2,1H3/b45-44+,58-57-. The Morgan fingerprint density at radius 1 is 0.533 bits per heavy atom. The van der Waals surface area contributed by atoms with Crippen molar-refractivity contribution in [3.05, 3.63) is 210 Å². The molecule has 1 atom stereocenters. The van der Waals surface area contributed by atoms with Crippen LogP contribution in [-0.4, -0.2) is 5.71 Å². The molecule has 0 amide bonds. The van der Waals surface area contributed by atoms with Crippen LogP contribution in [0.3, 0.4) is 0 Å². The molecule has 3 heterocycles. The molecule has 0 bridgehead atoms. The normalized spacial score (nSPS) is 16.9. The lowest BCUT2D eigenvalue weighted by atomic mass is 9.85. The van der Waals surface area contributed by atoms with Crippen molar-refractivity contribution in [2.45, 2.75) is 38.6 Å². The zero-order valence-corrected chi connectivity index (χ0v) is 34.4. The van der Waals surface area contributed by atoms with E-state index in [-0.39, 0.29) is 6.04 Å². The van der Waals surface area contributed by atoms with Crippen LogP contribution >= 0.6 is 11.3 Å². The van der Waals surface area contributed by atoms with E-state index in [0.717, 1.165) is 58.9 Å². The van der Waals surface area contributed by atoms with Gasteiger partial charge in [0.15, 0.2) is 0 Å². The fourth-order valence-corrected chi connectivity index (χ4v) is 10.6. The number of rotatable bonds is 7. The molecular formula is C57H43NOS. The molecule has 0 saturated heterocycles. The molecule has 0 fully saturated rings. The molecule has 3 heteroatoms. The molecular weight excluding hydrogens is 747 g/mol. The minimum absolute atomic E-state index is 0.00133. The predicted molar refractivity (Wildman–Crippen MR) is 256 cm³/mol. The molecule has 10 aromatic rings. The van der Waals surface area contributed by atoms with E-state index in [0.29, 0.717) is 0 Å². The van der Waals surface area contributed by atoms with Gasteiger partial charge in [-0.2, -0.15) is 0 Å². The van der Waals surface area contributed by atoms with Gasteiger partial charge < -0.3 is 4.42 Å². The summed E-state index contributed by atoms with van der Waals surface area (Å²) in [4.78, 5) is 5.72. The average Bonchev–Trinajstić information content (AvgIpc) is 3.87. The summed E-state index contributed by atoms with van der Waals surface area (Å²) < 4.78 is 9.31. The van der Waals surface area contributed by atoms with Crippen molar-refractivity contribution >= 4 is 64.7 Å². The van der Waals surface area contributed by atoms with Crippen molar-refractivity contribution in [3.63, 3.8) is 0 Å². The van der Waals surface area contributed by atoms with Gasteiger partial charge in [-0.3, -0.25) is 4.99 Å². The van der Waals surface area contributed by atoms with Crippen molar-refractivity contribution in [1.82, 2.24) is 0 Å². The maximum Gasteiger partial charge on any atom is 0.135 e. The first-order valence-corrected chi connectivity index (χ1v) is 22.0. The first kappa shape index (κ1) is 36.3. The molecule has 2 aromatic heterocycles. The lowest BCUT2D eigenvalue weighted by molar-refractivity contribution is 0.615. The summed E-state index contributed by atoms with van der Waals surface area (Å²) in [7, 11) is 0. The van der Waals surface area contributed by atoms with Crippen molar-refractivity contribution in [3.8, 4) is 33.4 Å². The highest BCUT2D eigenvalue weighted by Gasteiger charge is 2.24. The van der Waals surface area contributed by atoms with Crippen molar-refractivity contribution in [2.24, 2.45) is 4.99 Å². The van der Waals surface area contributed by atoms with Gasteiger partial charge in [0, 0.05) is 36.5 Å². The van der Waals surface area contributed by atoms with Gasteiger partial charge in [-0.1, -0.05) is 165 Å². The molecule has 2 nitrogen and oxygen atoms in total. The van der Waals surface area contributed by atoms with Gasteiger partial charge in [-0.05, 0) is 112 Å². The number of furan rings is 1. The second kappa shape index (κ2) is 15.4. The van der Waals surface area contributed by atoms with Crippen molar-refractivity contribution in [1.29, 1.82) is 0 Å². The highest BCUT2D eigenvalue weighted by atomic mass is 32.1. The summed E-state index contributed by atoms with van der Waals surface area (Å²) in [6.45, 7) is 2.28. The zero-order chi connectivity index (χ0) is 40.0. The Hall–Kier alpha value is -6.81. The summed E-state index contributed by atoms with van der Waals surface area (Å²) in [5, 5.41) is 4.89. The summed E-state index contributed by atoms with van der Waals surface area (Å²) in [5.41, 5.74) is 16.7. The molecule has 0 radical (unpaired) electrons. The first-order chi connectivity index (χ1) is 29.7. The maximum absolute atomic E-state index is 6.69. The van der Waals surface area contributed by atoms with Gasteiger partial charge in [0.05, 0.1) is 11.8 Å². The lowest BCUT2D eigenvalue weighted by Crippen LogP contribution is -2.13. The van der Waals surface area contributed by atoms with Crippen LogP contribution in [0.2, 0.25) is 0 Å². The number of hydrogen-bond acceptors (Lipinski definition) is 3. The van der Waals surface area contributed by atoms with Crippen LogP contribution in [-0.2, 0) is 0 Å².